The van der Waals surface area contributed by atoms with E-state index in [1.54, 1.807) is 0 Å². The molecule has 2 unspecified atom stereocenters. The van der Waals surface area contributed by atoms with Crippen LogP contribution >= 0.6 is 0 Å². The molecule has 2 aliphatic rings. The predicted molar refractivity (Wildman–Crippen MR) is 78.8 cm³/mol. The van der Waals surface area contributed by atoms with E-state index >= 15 is 0 Å². The number of amides is 1. The third-order valence-electron chi connectivity index (χ3n) is 5.16. The highest BCUT2D eigenvalue weighted by molar-refractivity contribution is 5.79. The summed E-state index contributed by atoms with van der Waals surface area (Å²) in [5.41, 5.74) is 6.48. The van der Waals surface area contributed by atoms with E-state index in [4.69, 9.17) is 5.73 Å². The molecule has 0 saturated heterocycles. The van der Waals surface area contributed by atoms with Gasteiger partial charge in [0.25, 0.3) is 0 Å². The summed E-state index contributed by atoms with van der Waals surface area (Å²) < 4.78 is 0. The highest BCUT2D eigenvalue weighted by Crippen LogP contribution is 2.35. The highest BCUT2D eigenvalue weighted by Gasteiger charge is 2.30. The Morgan fingerprint density at radius 3 is 2.47 bits per heavy atom. The first-order valence-electron chi connectivity index (χ1n) is 8.14. The predicted octanol–water partition coefficient (Wildman–Crippen LogP) is 2.98. The van der Waals surface area contributed by atoms with Gasteiger partial charge in [-0.25, -0.2) is 0 Å². The second-order valence-corrected chi connectivity index (χ2v) is 7.00. The van der Waals surface area contributed by atoms with Crippen molar-refractivity contribution in [2.75, 3.05) is 6.54 Å². The lowest BCUT2D eigenvalue weighted by Gasteiger charge is -2.34. The Balaban J connectivity index is 1.82. The van der Waals surface area contributed by atoms with Crippen molar-refractivity contribution in [2.45, 2.75) is 77.2 Å². The maximum atomic E-state index is 12.4. The van der Waals surface area contributed by atoms with E-state index in [2.05, 4.69) is 12.2 Å². The molecule has 2 fully saturated rings. The largest absolute Gasteiger partial charge is 0.355 e. The average Bonchev–Trinajstić information content (AvgIpc) is 2.62. The molecular weight excluding hydrogens is 236 g/mol. The van der Waals surface area contributed by atoms with Crippen LogP contribution in [-0.4, -0.2) is 18.5 Å². The minimum Gasteiger partial charge on any atom is -0.355 e. The summed E-state index contributed by atoms with van der Waals surface area (Å²) in [6.07, 6.45) is 12.1. The lowest BCUT2D eigenvalue weighted by atomic mass is 9.75. The van der Waals surface area contributed by atoms with Gasteiger partial charge >= 0.3 is 0 Å². The van der Waals surface area contributed by atoms with E-state index in [-0.39, 0.29) is 17.9 Å². The molecule has 0 radical (unpaired) electrons. The number of hydrogen-bond acceptors (Lipinski definition) is 2. The molecule has 0 spiro atoms. The fourth-order valence-corrected chi connectivity index (χ4v) is 3.68. The SMILES string of the molecule is CC1(CNC(=O)C2CCCCCC2N)CCCCC1. The molecule has 3 nitrogen and oxygen atoms in total. The fourth-order valence-electron chi connectivity index (χ4n) is 3.68. The van der Waals surface area contributed by atoms with Crippen LogP contribution in [0, 0.1) is 11.3 Å². The smallest absolute Gasteiger partial charge is 0.224 e. The van der Waals surface area contributed by atoms with Gasteiger partial charge in [0.15, 0.2) is 0 Å². The lowest BCUT2D eigenvalue weighted by molar-refractivity contribution is -0.126. The van der Waals surface area contributed by atoms with E-state index in [9.17, 15) is 4.79 Å². The monoisotopic (exact) mass is 266 g/mol. The van der Waals surface area contributed by atoms with Gasteiger partial charge in [-0.2, -0.15) is 0 Å². The van der Waals surface area contributed by atoms with Gasteiger partial charge in [0.05, 0.1) is 5.92 Å². The minimum atomic E-state index is 0.0506. The van der Waals surface area contributed by atoms with E-state index in [0.717, 1.165) is 25.8 Å². The van der Waals surface area contributed by atoms with Gasteiger partial charge in [0.1, 0.15) is 0 Å². The van der Waals surface area contributed by atoms with Crippen molar-refractivity contribution in [3.8, 4) is 0 Å². The molecular formula is C16H30N2O. The first kappa shape index (κ1) is 14.8. The zero-order chi connectivity index (χ0) is 13.7. The summed E-state index contributed by atoms with van der Waals surface area (Å²) in [5.74, 6) is 0.260. The van der Waals surface area contributed by atoms with E-state index in [1.807, 2.05) is 0 Å². The van der Waals surface area contributed by atoms with Gasteiger partial charge in [-0.3, -0.25) is 4.79 Å². The van der Waals surface area contributed by atoms with Gasteiger partial charge in [-0.15, -0.1) is 0 Å². The summed E-state index contributed by atoms with van der Waals surface area (Å²) in [6, 6.07) is 0.0710. The van der Waals surface area contributed by atoms with Gasteiger partial charge in [-0.05, 0) is 31.1 Å². The van der Waals surface area contributed by atoms with Gasteiger partial charge in [0, 0.05) is 12.6 Å². The molecule has 0 heterocycles. The number of carbonyl (C=O) groups is 1. The van der Waals surface area contributed by atoms with Crippen LogP contribution in [-0.2, 0) is 4.79 Å². The molecule has 19 heavy (non-hydrogen) atoms. The molecule has 2 saturated carbocycles. The van der Waals surface area contributed by atoms with Crippen LogP contribution < -0.4 is 11.1 Å². The topological polar surface area (TPSA) is 55.1 Å². The molecule has 110 valence electrons. The number of nitrogens with two attached hydrogens (primary N) is 1. The van der Waals surface area contributed by atoms with Crippen molar-refractivity contribution in [1.82, 2.24) is 5.32 Å². The molecule has 2 aliphatic carbocycles. The van der Waals surface area contributed by atoms with Crippen LogP contribution in [0.5, 0.6) is 0 Å². The van der Waals surface area contributed by atoms with Crippen LogP contribution in [0.4, 0.5) is 0 Å². The van der Waals surface area contributed by atoms with E-state index in [1.165, 1.54) is 44.9 Å². The summed E-state index contributed by atoms with van der Waals surface area (Å²) >= 11 is 0. The standard InChI is InChI=1S/C16H30N2O/c1-16(10-6-3-7-11-16)12-18-15(19)13-8-4-2-5-9-14(13)17/h13-14H,2-12,17H2,1H3,(H,18,19). The van der Waals surface area contributed by atoms with Crippen molar-refractivity contribution in [3.63, 3.8) is 0 Å². The average molecular weight is 266 g/mol. The zero-order valence-corrected chi connectivity index (χ0v) is 12.4. The summed E-state index contributed by atoms with van der Waals surface area (Å²) in [4.78, 5) is 12.4. The van der Waals surface area contributed by atoms with Crippen LogP contribution in [0.25, 0.3) is 0 Å². The van der Waals surface area contributed by atoms with Crippen molar-refractivity contribution < 1.29 is 4.79 Å². The fraction of sp³-hybridized carbons (Fsp3) is 0.938. The number of hydrogen-bond donors (Lipinski definition) is 2. The third kappa shape index (κ3) is 4.20. The molecule has 1 amide bonds. The zero-order valence-electron chi connectivity index (χ0n) is 12.4. The highest BCUT2D eigenvalue weighted by atomic mass is 16.1. The Labute approximate surface area is 117 Å². The molecule has 0 aromatic rings. The van der Waals surface area contributed by atoms with Crippen LogP contribution in [0.15, 0.2) is 0 Å². The molecule has 3 heteroatoms. The van der Waals surface area contributed by atoms with Gasteiger partial charge in [-0.1, -0.05) is 45.4 Å². The maximum absolute atomic E-state index is 12.4. The van der Waals surface area contributed by atoms with Crippen LogP contribution in [0.3, 0.4) is 0 Å². The third-order valence-corrected chi connectivity index (χ3v) is 5.16. The summed E-state index contributed by atoms with van der Waals surface area (Å²) in [7, 11) is 0. The summed E-state index contributed by atoms with van der Waals surface area (Å²) in [6.45, 7) is 3.16. The van der Waals surface area contributed by atoms with Crippen molar-refractivity contribution in [3.05, 3.63) is 0 Å². The van der Waals surface area contributed by atoms with Crippen molar-refractivity contribution in [1.29, 1.82) is 0 Å². The number of nitrogens with one attached hydrogen (secondary N) is 1. The number of carbonyl (C=O) groups excluding carboxylic acids is 1. The van der Waals surface area contributed by atoms with Crippen LogP contribution in [0.2, 0.25) is 0 Å². The summed E-state index contributed by atoms with van der Waals surface area (Å²) in [5, 5.41) is 3.20. The molecule has 0 aliphatic heterocycles. The number of rotatable bonds is 3. The molecule has 3 N–H and O–H groups in total. The molecule has 2 atom stereocenters. The lowest BCUT2D eigenvalue weighted by Crippen LogP contribution is -2.45. The molecule has 0 aromatic heterocycles. The van der Waals surface area contributed by atoms with E-state index in [0.29, 0.717) is 5.41 Å². The first-order chi connectivity index (χ1) is 9.11. The Morgan fingerprint density at radius 2 is 1.74 bits per heavy atom. The molecule has 2 rings (SSSR count). The quantitative estimate of drug-likeness (QED) is 0.772. The Hall–Kier alpha value is -0.570. The minimum absolute atomic E-state index is 0.0506. The Morgan fingerprint density at radius 1 is 1.11 bits per heavy atom. The Kier molecular flexibility index (Phi) is 5.26. The maximum Gasteiger partial charge on any atom is 0.224 e. The van der Waals surface area contributed by atoms with E-state index < -0.39 is 0 Å². The normalized spacial score (nSPS) is 31.5. The van der Waals surface area contributed by atoms with Crippen molar-refractivity contribution in [2.24, 2.45) is 17.1 Å². The second kappa shape index (κ2) is 6.74. The Bertz CT molecular complexity index is 297. The first-order valence-corrected chi connectivity index (χ1v) is 8.14. The van der Waals surface area contributed by atoms with Crippen molar-refractivity contribution >= 4 is 5.91 Å². The second-order valence-electron chi connectivity index (χ2n) is 7.00. The molecule has 0 aromatic carbocycles. The van der Waals surface area contributed by atoms with Crippen LogP contribution in [0.1, 0.15) is 71.1 Å². The molecule has 0 bridgehead atoms. The van der Waals surface area contributed by atoms with Gasteiger partial charge < -0.3 is 11.1 Å². The van der Waals surface area contributed by atoms with Gasteiger partial charge in [0.2, 0.25) is 5.91 Å².